The predicted molar refractivity (Wildman–Crippen MR) is 110 cm³/mol. The second kappa shape index (κ2) is 8.45. The van der Waals surface area contributed by atoms with Gasteiger partial charge < -0.3 is 5.73 Å². The Balaban J connectivity index is 1.35. The SMILES string of the molecule is N[C@H](CCc1ncc(-c2ccc3cnccc3c2)s1)Cc1cnc(C(F)(F)F)nc1. The summed E-state index contributed by atoms with van der Waals surface area (Å²) < 4.78 is 37.6. The number of thiazole rings is 1. The number of nitrogens with two attached hydrogens (primary N) is 1. The molecule has 4 aromatic rings. The number of hydrogen-bond donors (Lipinski definition) is 1. The first-order chi connectivity index (χ1) is 14.4. The van der Waals surface area contributed by atoms with Gasteiger partial charge in [-0.15, -0.1) is 11.3 Å². The van der Waals surface area contributed by atoms with Crippen molar-refractivity contribution in [3.8, 4) is 10.4 Å². The van der Waals surface area contributed by atoms with E-state index in [1.807, 2.05) is 24.5 Å². The fourth-order valence-electron chi connectivity index (χ4n) is 3.12. The average molecular weight is 429 g/mol. The summed E-state index contributed by atoms with van der Waals surface area (Å²) in [5.74, 6) is -1.14. The largest absolute Gasteiger partial charge is 0.451 e. The molecule has 1 aromatic carbocycles. The molecule has 0 fully saturated rings. The number of alkyl halides is 3. The topological polar surface area (TPSA) is 77.6 Å². The van der Waals surface area contributed by atoms with E-state index in [2.05, 4.69) is 32.1 Å². The molecule has 0 unspecified atom stereocenters. The number of nitrogens with zero attached hydrogens (tertiary/aromatic N) is 4. The molecule has 4 rings (SSSR count). The van der Waals surface area contributed by atoms with Crippen LogP contribution >= 0.6 is 11.3 Å². The number of pyridine rings is 1. The Kier molecular flexibility index (Phi) is 5.74. The summed E-state index contributed by atoms with van der Waals surface area (Å²) in [5, 5.41) is 3.18. The van der Waals surface area contributed by atoms with Gasteiger partial charge in [0.05, 0.1) is 9.88 Å². The van der Waals surface area contributed by atoms with Crippen LogP contribution in [0, 0.1) is 0 Å². The highest BCUT2D eigenvalue weighted by molar-refractivity contribution is 7.15. The van der Waals surface area contributed by atoms with E-state index in [-0.39, 0.29) is 6.04 Å². The van der Waals surface area contributed by atoms with Crippen molar-refractivity contribution < 1.29 is 13.2 Å². The molecule has 3 heterocycles. The van der Waals surface area contributed by atoms with Crippen molar-refractivity contribution in [1.82, 2.24) is 19.9 Å². The molecular weight excluding hydrogens is 411 g/mol. The molecule has 5 nitrogen and oxygen atoms in total. The molecule has 0 saturated carbocycles. The van der Waals surface area contributed by atoms with Gasteiger partial charge in [-0.25, -0.2) is 15.0 Å². The molecule has 2 N–H and O–H groups in total. The smallest absolute Gasteiger partial charge is 0.327 e. The van der Waals surface area contributed by atoms with E-state index in [1.165, 1.54) is 12.4 Å². The van der Waals surface area contributed by atoms with Crippen molar-refractivity contribution in [2.45, 2.75) is 31.5 Å². The van der Waals surface area contributed by atoms with Gasteiger partial charge in [0.2, 0.25) is 5.82 Å². The Bertz CT molecular complexity index is 1140. The van der Waals surface area contributed by atoms with Crippen LogP contribution < -0.4 is 5.73 Å². The van der Waals surface area contributed by atoms with Gasteiger partial charge in [0.15, 0.2) is 0 Å². The van der Waals surface area contributed by atoms with E-state index in [9.17, 15) is 13.2 Å². The van der Waals surface area contributed by atoms with E-state index in [0.29, 0.717) is 24.8 Å². The van der Waals surface area contributed by atoms with E-state index >= 15 is 0 Å². The van der Waals surface area contributed by atoms with Gasteiger partial charge in [-0.1, -0.05) is 12.1 Å². The van der Waals surface area contributed by atoms with Gasteiger partial charge in [0.25, 0.3) is 0 Å². The molecule has 0 radical (unpaired) electrons. The second-order valence-corrected chi connectivity index (χ2v) is 8.09. The summed E-state index contributed by atoms with van der Waals surface area (Å²) in [5.41, 5.74) is 7.84. The Morgan fingerprint density at radius 2 is 1.77 bits per heavy atom. The first kappa shape index (κ1) is 20.4. The molecule has 0 aliphatic carbocycles. The maximum Gasteiger partial charge on any atom is 0.451 e. The van der Waals surface area contributed by atoms with Crippen LogP contribution in [-0.4, -0.2) is 26.0 Å². The van der Waals surface area contributed by atoms with Crippen LogP contribution in [-0.2, 0) is 19.0 Å². The highest BCUT2D eigenvalue weighted by atomic mass is 32.1. The maximum absolute atomic E-state index is 12.5. The minimum absolute atomic E-state index is 0.217. The zero-order valence-corrected chi connectivity index (χ0v) is 16.6. The Morgan fingerprint density at radius 1 is 0.967 bits per heavy atom. The van der Waals surface area contributed by atoms with Crippen molar-refractivity contribution in [2.75, 3.05) is 0 Å². The lowest BCUT2D eigenvalue weighted by molar-refractivity contribution is -0.145. The first-order valence-electron chi connectivity index (χ1n) is 9.31. The summed E-state index contributed by atoms with van der Waals surface area (Å²) in [6.07, 6.45) is 5.08. The Morgan fingerprint density at radius 3 is 2.53 bits per heavy atom. The van der Waals surface area contributed by atoms with E-state index < -0.39 is 12.0 Å². The number of halogens is 3. The predicted octanol–water partition coefficient (Wildman–Crippen LogP) is 4.67. The number of aromatic nitrogens is 4. The summed E-state index contributed by atoms with van der Waals surface area (Å²) in [6.45, 7) is 0. The zero-order chi connectivity index (χ0) is 21.1. The lowest BCUT2D eigenvalue weighted by Gasteiger charge is -2.11. The number of fused-ring (bicyclic) bond motifs is 1. The number of benzene rings is 1. The van der Waals surface area contributed by atoms with Gasteiger partial charge in [0.1, 0.15) is 0 Å². The van der Waals surface area contributed by atoms with E-state index in [0.717, 1.165) is 26.2 Å². The first-order valence-corrected chi connectivity index (χ1v) is 10.1. The van der Waals surface area contributed by atoms with Crippen LogP contribution in [0.25, 0.3) is 21.2 Å². The van der Waals surface area contributed by atoms with E-state index in [4.69, 9.17) is 5.73 Å². The number of hydrogen-bond acceptors (Lipinski definition) is 6. The monoisotopic (exact) mass is 429 g/mol. The van der Waals surface area contributed by atoms with Gasteiger partial charge in [-0.05, 0) is 41.5 Å². The molecule has 30 heavy (non-hydrogen) atoms. The Labute approximate surface area is 174 Å². The third-order valence-corrected chi connectivity index (χ3v) is 5.77. The zero-order valence-electron chi connectivity index (χ0n) is 15.8. The highest BCUT2D eigenvalue weighted by Gasteiger charge is 2.34. The molecule has 0 amide bonds. The van der Waals surface area contributed by atoms with Crippen LogP contribution in [0.1, 0.15) is 22.8 Å². The standard InChI is InChI=1S/C21H18F3N5S/c22-21(23,24)20-28-9-13(10-29-20)7-17(25)3-4-19-27-12-18(30-19)15-1-2-16-11-26-6-5-14(16)8-15/h1-2,5-6,8-12,17H,3-4,7,25H2/t17-/m1/s1. The molecule has 9 heteroatoms. The van der Waals surface area contributed by atoms with Crippen LogP contribution in [0.4, 0.5) is 13.2 Å². The van der Waals surface area contributed by atoms with Crippen LogP contribution in [0.15, 0.2) is 55.2 Å². The molecule has 154 valence electrons. The minimum atomic E-state index is -4.54. The highest BCUT2D eigenvalue weighted by Crippen LogP contribution is 2.29. The quantitative estimate of drug-likeness (QED) is 0.482. The number of rotatable bonds is 6. The van der Waals surface area contributed by atoms with Crippen molar-refractivity contribution in [3.05, 3.63) is 71.6 Å². The fourth-order valence-corrected chi connectivity index (χ4v) is 4.05. The summed E-state index contributed by atoms with van der Waals surface area (Å²) in [4.78, 5) is 16.4. The van der Waals surface area contributed by atoms with Crippen molar-refractivity contribution in [1.29, 1.82) is 0 Å². The van der Waals surface area contributed by atoms with Gasteiger partial charge >= 0.3 is 6.18 Å². The second-order valence-electron chi connectivity index (χ2n) is 6.97. The van der Waals surface area contributed by atoms with Gasteiger partial charge in [-0.2, -0.15) is 13.2 Å². The molecule has 0 aliphatic rings. The molecule has 0 bridgehead atoms. The van der Waals surface area contributed by atoms with Crippen LogP contribution in [0.3, 0.4) is 0 Å². The molecule has 1 atom stereocenters. The summed E-state index contributed by atoms with van der Waals surface area (Å²) in [7, 11) is 0. The van der Waals surface area contributed by atoms with Crippen LogP contribution in [0.5, 0.6) is 0 Å². The average Bonchev–Trinajstić information content (AvgIpc) is 3.21. The minimum Gasteiger partial charge on any atom is -0.327 e. The van der Waals surface area contributed by atoms with Gasteiger partial charge in [-0.3, -0.25) is 4.98 Å². The normalized spacial score (nSPS) is 12.9. The van der Waals surface area contributed by atoms with Crippen molar-refractivity contribution in [2.24, 2.45) is 5.73 Å². The van der Waals surface area contributed by atoms with Gasteiger partial charge in [0, 0.05) is 48.8 Å². The lowest BCUT2D eigenvalue weighted by Crippen LogP contribution is -2.24. The third-order valence-electron chi connectivity index (χ3n) is 4.66. The molecular formula is C21H18F3N5S. The molecule has 3 aromatic heterocycles. The Hall–Kier alpha value is -2.91. The van der Waals surface area contributed by atoms with Crippen LogP contribution in [0.2, 0.25) is 0 Å². The lowest BCUT2D eigenvalue weighted by atomic mass is 10.1. The third kappa shape index (κ3) is 4.80. The molecule has 0 saturated heterocycles. The molecule has 0 aliphatic heterocycles. The van der Waals surface area contributed by atoms with Crippen molar-refractivity contribution in [3.63, 3.8) is 0 Å². The van der Waals surface area contributed by atoms with Crippen molar-refractivity contribution >= 4 is 22.1 Å². The number of aryl methyl sites for hydroxylation is 1. The summed E-state index contributed by atoms with van der Waals surface area (Å²) in [6, 6.07) is 7.97. The fraction of sp³-hybridized carbons (Fsp3) is 0.238. The summed E-state index contributed by atoms with van der Waals surface area (Å²) >= 11 is 1.62. The van der Waals surface area contributed by atoms with E-state index in [1.54, 1.807) is 17.5 Å². The molecule has 0 spiro atoms. The maximum atomic E-state index is 12.5.